The van der Waals surface area contributed by atoms with Gasteiger partial charge in [-0.15, -0.1) is 0 Å². The number of rotatable bonds is 7. The lowest BCUT2D eigenvalue weighted by molar-refractivity contribution is -0.233. The van der Waals surface area contributed by atoms with Crippen LogP contribution in [-0.4, -0.2) is 63.3 Å². The Morgan fingerprint density at radius 1 is 1.20 bits per heavy atom. The summed E-state index contributed by atoms with van der Waals surface area (Å²) >= 11 is 0. The predicted molar refractivity (Wildman–Crippen MR) is 113 cm³/mol. The highest BCUT2D eigenvalue weighted by atomic mass is 28.4. The number of aliphatic imine (C=N–C) groups is 2. The second-order valence-electron chi connectivity index (χ2n) is 8.81. The van der Waals surface area contributed by atoms with Crippen molar-refractivity contribution in [1.82, 2.24) is 0 Å². The topological polar surface area (TPSA) is 87.9 Å². The van der Waals surface area contributed by atoms with Gasteiger partial charge >= 0.3 is 5.97 Å². The average Bonchev–Trinajstić information content (AvgIpc) is 3.11. The van der Waals surface area contributed by atoms with Crippen LogP contribution in [0.2, 0.25) is 19.6 Å². The average molecular weight is 435 g/mol. The van der Waals surface area contributed by atoms with Crippen LogP contribution in [0.15, 0.2) is 40.3 Å². The molecule has 164 valence electrons. The van der Waals surface area contributed by atoms with Crippen LogP contribution in [0.5, 0.6) is 0 Å². The van der Waals surface area contributed by atoms with Gasteiger partial charge in [0, 0.05) is 6.92 Å². The number of carbonyl (C=O) groups excluding carboxylic acids is 1. The molecule has 0 bridgehead atoms. The van der Waals surface area contributed by atoms with Crippen LogP contribution in [0.4, 0.5) is 5.69 Å². The second-order valence-corrected chi connectivity index (χ2v) is 13.3. The van der Waals surface area contributed by atoms with E-state index in [2.05, 4.69) is 35.6 Å². The first kappa shape index (κ1) is 22.8. The Morgan fingerprint density at radius 2 is 1.87 bits per heavy atom. The van der Waals surface area contributed by atoms with Crippen LogP contribution >= 0.6 is 0 Å². The first-order valence-electron chi connectivity index (χ1n) is 10.1. The molecule has 2 aliphatic heterocycles. The molecule has 0 radical (unpaired) electrons. The highest BCUT2D eigenvalue weighted by molar-refractivity contribution is 6.69. The molecule has 0 amide bonds. The second kappa shape index (κ2) is 9.09. The molecule has 0 unspecified atom stereocenters. The Hall–Kier alpha value is -1.87. The Balaban J connectivity index is 1.85. The quantitative estimate of drug-likeness (QED) is 0.371. The molecule has 0 aliphatic carbocycles. The zero-order chi connectivity index (χ0) is 21.9. The maximum atomic E-state index is 11.5. The summed E-state index contributed by atoms with van der Waals surface area (Å²) in [6.07, 6.45) is -2.39. The number of nitrogens with zero attached hydrogens (tertiary/aromatic N) is 2. The van der Waals surface area contributed by atoms with E-state index in [0.29, 0.717) is 6.61 Å². The Labute approximate surface area is 178 Å². The molecule has 9 heteroatoms. The van der Waals surface area contributed by atoms with Gasteiger partial charge in [-0.1, -0.05) is 18.2 Å². The molecule has 1 aromatic carbocycles. The summed E-state index contributed by atoms with van der Waals surface area (Å²) < 4.78 is 29.5. The van der Waals surface area contributed by atoms with Crippen molar-refractivity contribution < 1.29 is 28.2 Å². The largest absolute Gasteiger partial charge is 0.433 e. The predicted octanol–water partition coefficient (Wildman–Crippen LogP) is 3.52. The summed E-state index contributed by atoms with van der Waals surface area (Å²) in [5, 5.41) is 0. The lowest BCUT2D eigenvalue weighted by atomic mass is 10.0. The van der Waals surface area contributed by atoms with E-state index in [1.54, 1.807) is 0 Å². The molecule has 2 aliphatic rings. The summed E-state index contributed by atoms with van der Waals surface area (Å²) in [6, 6.07) is 11.8. The maximum absolute atomic E-state index is 11.5. The molecule has 0 spiro atoms. The number of fused-ring (bicyclic) bond motifs is 1. The van der Waals surface area contributed by atoms with E-state index in [4.69, 9.17) is 23.4 Å². The monoisotopic (exact) mass is 434 g/mol. The van der Waals surface area contributed by atoms with Crippen molar-refractivity contribution in [2.75, 3.05) is 6.61 Å². The summed E-state index contributed by atoms with van der Waals surface area (Å²) in [5.41, 5.74) is 0.746. The van der Waals surface area contributed by atoms with E-state index < -0.39 is 50.7 Å². The lowest BCUT2D eigenvalue weighted by Crippen LogP contribution is -2.42. The minimum Gasteiger partial charge on any atom is -0.433 e. The minimum absolute atomic E-state index is 0.317. The van der Waals surface area contributed by atoms with Gasteiger partial charge in [-0.05, 0) is 45.6 Å². The third-order valence-corrected chi connectivity index (χ3v) is 5.59. The molecule has 2 saturated heterocycles. The molecule has 3 rings (SSSR count). The molecule has 30 heavy (non-hydrogen) atoms. The zero-order valence-electron chi connectivity index (χ0n) is 18.3. The van der Waals surface area contributed by atoms with Crippen molar-refractivity contribution in [3.63, 3.8) is 0 Å². The number of carbonyl (C=O) groups is 1. The first-order chi connectivity index (χ1) is 14.0. The van der Waals surface area contributed by atoms with Gasteiger partial charge in [0.05, 0.1) is 18.3 Å². The van der Waals surface area contributed by atoms with Crippen LogP contribution in [0.1, 0.15) is 20.8 Å². The van der Waals surface area contributed by atoms with Crippen molar-refractivity contribution in [3.05, 3.63) is 30.3 Å². The molecule has 0 saturated carbocycles. The number of esters is 1. The van der Waals surface area contributed by atoms with E-state index in [1.807, 2.05) is 44.2 Å². The van der Waals surface area contributed by atoms with Crippen molar-refractivity contribution in [1.29, 1.82) is 0 Å². The minimum atomic E-state index is -1.81. The number of ether oxygens (including phenoxy) is 4. The van der Waals surface area contributed by atoms with Crippen molar-refractivity contribution in [2.45, 2.75) is 76.8 Å². The molecule has 5 atom stereocenters. The van der Waals surface area contributed by atoms with Crippen LogP contribution in [0, 0.1) is 0 Å². The fourth-order valence-electron chi connectivity index (χ4n) is 3.36. The molecule has 8 nitrogen and oxygen atoms in total. The van der Waals surface area contributed by atoms with Gasteiger partial charge in [-0.2, -0.15) is 4.99 Å². The molecular weight excluding hydrogens is 404 g/mol. The van der Waals surface area contributed by atoms with Crippen LogP contribution in [0.3, 0.4) is 0 Å². The summed E-state index contributed by atoms with van der Waals surface area (Å²) in [7, 11) is -1.81. The fraction of sp³-hybridized carbons (Fsp3) is 0.619. The van der Waals surface area contributed by atoms with Gasteiger partial charge in [0.15, 0.2) is 20.2 Å². The van der Waals surface area contributed by atoms with E-state index in [9.17, 15) is 4.79 Å². The smallest absolute Gasteiger partial charge is 0.305 e. The normalized spacial score (nSPS) is 28.3. The summed E-state index contributed by atoms with van der Waals surface area (Å²) in [5.74, 6) is -1.27. The number of hydrogen-bond donors (Lipinski definition) is 0. The van der Waals surface area contributed by atoms with Gasteiger partial charge in [-0.3, -0.25) is 4.79 Å². The third kappa shape index (κ3) is 6.07. The molecular formula is C21H30N2O6Si. The van der Waals surface area contributed by atoms with Gasteiger partial charge in [0.2, 0.25) is 6.29 Å². The molecule has 2 heterocycles. The Kier molecular flexibility index (Phi) is 6.91. The molecule has 0 N–H and O–H groups in total. The Bertz CT molecular complexity index is 803. The summed E-state index contributed by atoms with van der Waals surface area (Å²) in [6.45, 7) is 11.6. The van der Waals surface area contributed by atoms with E-state index >= 15 is 0 Å². The lowest BCUT2D eigenvalue weighted by Gasteiger charge is -2.28. The standard InChI is InChI=1S/C21H30N2O6Si/c1-14(24)26-20-19-18(28-21(2,3)29-19)17(27-20)16(12-25-30(4,5)6)23-13-22-15-10-8-7-9-11-15/h7-11,16-20H,12H2,1-6H3/t16-,17-,18+,19+,20+/m1/s1. The molecule has 0 aromatic heterocycles. The van der Waals surface area contributed by atoms with Crippen molar-refractivity contribution in [2.24, 2.45) is 9.98 Å². The van der Waals surface area contributed by atoms with Crippen LogP contribution in [-0.2, 0) is 28.2 Å². The van der Waals surface area contributed by atoms with Gasteiger partial charge in [0.1, 0.15) is 18.2 Å². The first-order valence-corrected chi connectivity index (χ1v) is 13.5. The van der Waals surface area contributed by atoms with Crippen LogP contribution in [0.25, 0.3) is 0 Å². The number of hydrogen-bond acceptors (Lipinski definition) is 8. The highest BCUT2D eigenvalue weighted by Gasteiger charge is 2.58. The van der Waals surface area contributed by atoms with E-state index in [1.165, 1.54) is 6.92 Å². The van der Waals surface area contributed by atoms with E-state index in [0.717, 1.165) is 5.69 Å². The molecule has 1 aromatic rings. The number of para-hydroxylation sites is 1. The zero-order valence-corrected chi connectivity index (χ0v) is 19.3. The fourth-order valence-corrected chi connectivity index (χ4v) is 4.03. The van der Waals surface area contributed by atoms with Gasteiger partial charge in [0.25, 0.3) is 0 Å². The third-order valence-electron chi connectivity index (χ3n) is 4.55. The van der Waals surface area contributed by atoms with E-state index in [-0.39, 0.29) is 0 Å². The van der Waals surface area contributed by atoms with Crippen molar-refractivity contribution >= 4 is 26.0 Å². The molecule has 2 fully saturated rings. The Morgan fingerprint density at radius 3 is 2.50 bits per heavy atom. The SMILES string of the molecule is CC(=O)O[C@H]1O[C@H]([C@@H](CO[Si](C)(C)C)N=C=Nc2ccccc2)[C@@H]2OC(C)(C)O[C@H]12. The van der Waals surface area contributed by atoms with Gasteiger partial charge in [-0.25, -0.2) is 4.99 Å². The number of benzene rings is 1. The van der Waals surface area contributed by atoms with Gasteiger partial charge < -0.3 is 23.4 Å². The van der Waals surface area contributed by atoms with Crippen molar-refractivity contribution in [3.8, 4) is 0 Å². The van der Waals surface area contributed by atoms with Crippen LogP contribution < -0.4 is 0 Å². The highest BCUT2D eigenvalue weighted by Crippen LogP contribution is 2.40. The maximum Gasteiger partial charge on any atom is 0.305 e. The summed E-state index contributed by atoms with van der Waals surface area (Å²) in [4.78, 5) is 20.3.